The van der Waals surface area contributed by atoms with Gasteiger partial charge in [-0.1, -0.05) is 60.7 Å². The molecular weight excluding hydrogens is 449 g/mol. The number of benzene rings is 3. The zero-order valence-electron chi connectivity index (χ0n) is 19.9. The fourth-order valence-corrected chi connectivity index (χ4v) is 4.80. The molecule has 1 aliphatic carbocycles. The standard InChI is InChI=1S/C29H31F3N2O/c1-33-28(35)27(22-8-3-2-4-9-22)34-26(24-15-14-21-7-5-6-10-23(21)19-24)18-13-20-11-16-25(17-12-20)29(30,31)32/h2-4,8-9,11-12,14-17,19,26-27,34H,5-7,10,13,18H2,1H3,(H,33,35)/t26-,27?/m1/s1. The predicted molar refractivity (Wildman–Crippen MR) is 132 cm³/mol. The van der Waals surface area contributed by atoms with E-state index >= 15 is 0 Å². The smallest absolute Gasteiger partial charge is 0.358 e. The number of likely N-dealkylation sites (N-methyl/N-ethyl adjacent to an activating group) is 1. The minimum absolute atomic E-state index is 0.131. The number of nitrogens with one attached hydrogen (secondary N) is 2. The first-order chi connectivity index (χ1) is 16.8. The van der Waals surface area contributed by atoms with Crippen LogP contribution in [0.25, 0.3) is 0 Å². The van der Waals surface area contributed by atoms with Crippen LogP contribution in [0.4, 0.5) is 13.2 Å². The lowest BCUT2D eigenvalue weighted by atomic mass is 9.87. The summed E-state index contributed by atoms with van der Waals surface area (Å²) in [7, 11) is 1.62. The van der Waals surface area contributed by atoms with Crippen molar-refractivity contribution in [2.24, 2.45) is 0 Å². The quantitative estimate of drug-likeness (QED) is 0.395. The highest BCUT2D eigenvalue weighted by molar-refractivity contribution is 5.83. The summed E-state index contributed by atoms with van der Waals surface area (Å²) in [6, 6.07) is 20.8. The van der Waals surface area contributed by atoms with Crippen molar-refractivity contribution >= 4 is 5.91 Å². The van der Waals surface area contributed by atoms with Gasteiger partial charge in [0.15, 0.2) is 0 Å². The Kier molecular flexibility index (Phi) is 7.91. The molecule has 0 aliphatic heterocycles. The van der Waals surface area contributed by atoms with Gasteiger partial charge in [0.1, 0.15) is 6.04 Å². The first kappa shape index (κ1) is 25.0. The van der Waals surface area contributed by atoms with Gasteiger partial charge in [-0.2, -0.15) is 13.2 Å². The number of rotatable bonds is 8. The predicted octanol–water partition coefficient (Wildman–Crippen LogP) is 6.34. The number of amides is 1. The summed E-state index contributed by atoms with van der Waals surface area (Å²) in [4.78, 5) is 12.8. The Balaban J connectivity index is 1.60. The second-order valence-electron chi connectivity index (χ2n) is 9.15. The van der Waals surface area contributed by atoms with Crippen molar-refractivity contribution in [1.82, 2.24) is 10.6 Å². The SMILES string of the molecule is CNC(=O)C(N[C@H](CCc1ccc(C(F)(F)F)cc1)c1ccc2c(c1)CCCC2)c1ccccc1. The third kappa shape index (κ3) is 6.31. The van der Waals surface area contributed by atoms with Crippen LogP contribution in [-0.2, 0) is 30.2 Å². The summed E-state index contributed by atoms with van der Waals surface area (Å²) < 4.78 is 38.9. The molecule has 0 saturated heterocycles. The maximum atomic E-state index is 13.0. The third-order valence-corrected chi connectivity index (χ3v) is 6.79. The zero-order chi connectivity index (χ0) is 24.8. The van der Waals surface area contributed by atoms with Gasteiger partial charge in [-0.05, 0) is 78.5 Å². The van der Waals surface area contributed by atoms with Crippen LogP contribution in [0.5, 0.6) is 0 Å². The van der Waals surface area contributed by atoms with E-state index in [2.05, 4.69) is 28.8 Å². The van der Waals surface area contributed by atoms with Gasteiger partial charge in [0, 0.05) is 13.1 Å². The van der Waals surface area contributed by atoms with Gasteiger partial charge >= 0.3 is 6.18 Å². The van der Waals surface area contributed by atoms with E-state index in [0.717, 1.165) is 41.7 Å². The molecule has 1 unspecified atom stereocenters. The van der Waals surface area contributed by atoms with Crippen molar-refractivity contribution in [1.29, 1.82) is 0 Å². The molecule has 6 heteroatoms. The molecule has 3 nitrogen and oxygen atoms in total. The van der Waals surface area contributed by atoms with Crippen molar-refractivity contribution in [2.75, 3.05) is 7.05 Å². The van der Waals surface area contributed by atoms with E-state index in [-0.39, 0.29) is 11.9 Å². The van der Waals surface area contributed by atoms with Crippen LogP contribution < -0.4 is 10.6 Å². The fourth-order valence-electron chi connectivity index (χ4n) is 4.80. The van der Waals surface area contributed by atoms with Crippen molar-refractivity contribution in [3.8, 4) is 0 Å². The Morgan fingerprint density at radius 3 is 2.23 bits per heavy atom. The van der Waals surface area contributed by atoms with Gasteiger partial charge in [-0.25, -0.2) is 0 Å². The Labute approximate surface area is 204 Å². The van der Waals surface area contributed by atoms with Crippen LogP contribution in [0.15, 0.2) is 72.8 Å². The molecule has 2 N–H and O–H groups in total. The van der Waals surface area contributed by atoms with E-state index in [1.165, 1.54) is 24.0 Å². The van der Waals surface area contributed by atoms with Gasteiger partial charge < -0.3 is 5.32 Å². The number of aryl methyl sites for hydroxylation is 3. The molecule has 2 atom stereocenters. The number of hydrogen-bond acceptors (Lipinski definition) is 2. The van der Waals surface area contributed by atoms with Gasteiger partial charge in [-0.3, -0.25) is 10.1 Å². The molecule has 0 fully saturated rings. The molecule has 184 valence electrons. The summed E-state index contributed by atoms with van der Waals surface area (Å²) in [6.07, 6.45) is 1.39. The highest BCUT2D eigenvalue weighted by Crippen LogP contribution is 2.31. The van der Waals surface area contributed by atoms with Crippen molar-refractivity contribution < 1.29 is 18.0 Å². The van der Waals surface area contributed by atoms with Crippen LogP contribution in [0.3, 0.4) is 0 Å². The number of fused-ring (bicyclic) bond motifs is 1. The molecule has 1 aliphatic rings. The average Bonchev–Trinajstić information content (AvgIpc) is 2.88. The Bertz CT molecular complexity index is 1130. The summed E-state index contributed by atoms with van der Waals surface area (Å²) >= 11 is 0. The van der Waals surface area contributed by atoms with Gasteiger partial charge in [0.05, 0.1) is 5.56 Å². The molecule has 3 aromatic rings. The highest BCUT2D eigenvalue weighted by Gasteiger charge is 2.30. The number of alkyl halides is 3. The van der Waals surface area contributed by atoms with Gasteiger partial charge in [0.2, 0.25) is 5.91 Å². The second-order valence-corrected chi connectivity index (χ2v) is 9.15. The van der Waals surface area contributed by atoms with Crippen molar-refractivity contribution in [2.45, 2.75) is 56.8 Å². The van der Waals surface area contributed by atoms with Crippen LogP contribution >= 0.6 is 0 Å². The lowest BCUT2D eigenvalue weighted by molar-refractivity contribution is -0.137. The first-order valence-corrected chi connectivity index (χ1v) is 12.2. The number of hydrogen-bond donors (Lipinski definition) is 2. The van der Waals surface area contributed by atoms with E-state index in [0.29, 0.717) is 12.8 Å². The third-order valence-electron chi connectivity index (χ3n) is 6.79. The number of carbonyl (C=O) groups is 1. The van der Waals surface area contributed by atoms with Crippen molar-refractivity contribution in [3.05, 3.63) is 106 Å². The second kappa shape index (κ2) is 11.1. The maximum absolute atomic E-state index is 13.0. The van der Waals surface area contributed by atoms with E-state index < -0.39 is 17.8 Å². The molecule has 3 aromatic carbocycles. The normalized spacial score (nSPS) is 15.2. The molecule has 0 radical (unpaired) electrons. The van der Waals surface area contributed by atoms with E-state index in [1.807, 2.05) is 30.3 Å². The molecule has 0 aromatic heterocycles. The molecule has 4 rings (SSSR count). The minimum atomic E-state index is -4.35. The molecule has 1 amide bonds. The Morgan fingerprint density at radius 1 is 0.886 bits per heavy atom. The minimum Gasteiger partial charge on any atom is -0.358 e. The monoisotopic (exact) mass is 480 g/mol. The Hall–Kier alpha value is -3.12. The maximum Gasteiger partial charge on any atom is 0.416 e. The number of halogens is 3. The molecule has 35 heavy (non-hydrogen) atoms. The highest BCUT2D eigenvalue weighted by atomic mass is 19.4. The van der Waals surface area contributed by atoms with Crippen LogP contribution in [0, 0.1) is 0 Å². The summed E-state index contributed by atoms with van der Waals surface area (Å²) in [6.45, 7) is 0. The molecular formula is C29H31F3N2O. The summed E-state index contributed by atoms with van der Waals surface area (Å²) in [5.41, 5.74) is 4.89. The topological polar surface area (TPSA) is 41.1 Å². The fraction of sp³-hybridized carbons (Fsp3) is 0.345. The van der Waals surface area contributed by atoms with Gasteiger partial charge in [0.25, 0.3) is 0 Å². The molecule has 0 spiro atoms. The molecule has 0 bridgehead atoms. The van der Waals surface area contributed by atoms with Crippen molar-refractivity contribution in [3.63, 3.8) is 0 Å². The molecule has 0 saturated carbocycles. The lowest BCUT2D eigenvalue weighted by Gasteiger charge is -2.27. The number of carbonyl (C=O) groups excluding carboxylic acids is 1. The van der Waals surface area contributed by atoms with Gasteiger partial charge in [-0.15, -0.1) is 0 Å². The summed E-state index contributed by atoms with van der Waals surface area (Å²) in [5, 5.41) is 6.31. The lowest BCUT2D eigenvalue weighted by Crippen LogP contribution is -2.38. The molecule has 0 heterocycles. The largest absolute Gasteiger partial charge is 0.416 e. The van der Waals surface area contributed by atoms with Crippen LogP contribution in [-0.4, -0.2) is 13.0 Å². The van der Waals surface area contributed by atoms with E-state index in [9.17, 15) is 18.0 Å². The zero-order valence-corrected chi connectivity index (χ0v) is 19.9. The average molecular weight is 481 g/mol. The van der Waals surface area contributed by atoms with Crippen LogP contribution in [0.2, 0.25) is 0 Å². The van der Waals surface area contributed by atoms with Crippen LogP contribution in [0.1, 0.15) is 64.7 Å². The Morgan fingerprint density at radius 2 is 1.57 bits per heavy atom. The first-order valence-electron chi connectivity index (χ1n) is 12.2. The summed E-state index contributed by atoms with van der Waals surface area (Å²) in [5.74, 6) is -0.131. The van der Waals surface area contributed by atoms with E-state index in [1.54, 1.807) is 19.2 Å². The van der Waals surface area contributed by atoms with E-state index in [4.69, 9.17) is 0 Å².